The number of nitrogens with zero attached hydrogens (tertiary/aromatic N) is 1. The van der Waals surface area contributed by atoms with Gasteiger partial charge in [0.1, 0.15) is 5.76 Å². The van der Waals surface area contributed by atoms with E-state index in [4.69, 9.17) is 33.0 Å². The lowest BCUT2D eigenvalue weighted by molar-refractivity contribution is 0.0951. The highest BCUT2D eigenvalue weighted by Crippen LogP contribution is 2.30. The van der Waals surface area contributed by atoms with Crippen LogP contribution in [0.25, 0.3) is 11.3 Å². The number of carbonyl (C=O) groups is 1. The SMILES string of the molecule is Cc1ccc(-c2ccc(C(=O)NC(=S)Nc3cc(Cl)ccc3N3CCOCC3)o2)cc1C. The van der Waals surface area contributed by atoms with Gasteiger partial charge in [-0.15, -0.1) is 0 Å². The van der Waals surface area contributed by atoms with Gasteiger partial charge in [-0.1, -0.05) is 23.7 Å². The Balaban J connectivity index is 1.45. The number of ether oxygens (including phenoxy) is 1. The Labute approximate surface area is 197 Å². The molecular formula is C24H24ClN3O3S. The first kappa shape index (κ1) is 22.3. The summed E-state index contributed by atoms with van der Waals surface area (Å²) < 4.78 is 11.2. The van der Waals surface area contributed by atoms with Gasteiger partial charge in [0.2, 0.25) is 0 Å². The molecule has 1 saturated heterocycles. The Morgan fingerprint density at radius 2 is 1.81 bits per heavy atom. The number of amides is 1. The molecule has 0 bridgehead atoms. The molecule has 2 heterocycles. The van der Waals surface area contributed by atoms with Crippen molar-refractivity contribution in [3.8, 4) is 11.3 Å². The van der Waals surface area contributed by atoms with Gasteiger partial charge >= 0.3 is 0 Å². The number of nitrogens with one attached hydrogen (secondary N) is 2. The number of thiocarbonyl (C=S) groups is 1. The Bertz CT molecular complexity index is 1160. The van der Waals surface area contributed by atoms with Crippen LogP contribution in [0.15, 0.2) is 52.9 Å². The zero-order valence-corrected chi connectivity index (χ0v) is 19.5. The first-order chi connectivity index (χ1) is 15.4. The van der Waals surface area contributed by atoms with Gasteiger partial charge in [-0.05, 0) is 73.6 Å². The molecule has 2 aromatic carbocycles. The predicted molar refractivity (Wildman–Crippen MR) is 132 cm³/mol. The maximum Gasteiger partial charge on any atom is 0.293 e. The minimum absolute atomic E-state index is 0.163. The summed E-state index contributed by atoms with van der Waals surface area (Å²) in [5.74, 6) is 0.385. The number of hydrogen-bond acceptors (Lipinski definition) is 5. The second-order valence-corrected chi connectivity index (χ2v) is 8.48. The van der Waals surface area contributed by atoms with E-state index >= 15 is 0 Å². The molecule has 1 amide bonds. The number of carbonyl (C=O) groups excluding carboxylic acids is 1. The molecular weight excluding hydrogens is 446 g/mol. The number of benzene rings is 2. The third-order valence-electron chi connectivity index (χ3n) is 5.41. The molecule has 1 aliphatic heterocycles. The molecule has 4 rings (SSSR count). The third-order valence-corrected chi connectivity index (χ3v) is 5.85. The molecule has 2 N–H and O–H groups in total. The lowest BCUT2D eigenvalue weighted by Crippen LogP contribution is -2.38. The highest BCUT2D eigenvalue weighted by Gasteiger charge is 2.18. The number of aryl methyl sites for hydroxylation is 2. The van der Waals surface area contributed by atoms with Crippen LogP contribution in [0.1, 0.15) is 21.7 Å². The molecule has 0 radical (unpaired) electrons. The maximum atomic E-state index is 12.7. The summed E-state index contributed by atoms with van der Waals surface area (Å²) in [6.07, 6.45) is 0. The molecule has 8 heteroatoms. The van der Waals surface area contributed by atoms with Gasteiger partial charge < -0.3 is 19.4 Å². The van der Waals surface area contributed by atoms with Crippen LogP contribution in [0.3, 0.4) is 0 Å². The first-order valence-corrected chi connectivity index (χ1v) is 11.1. The summed E-state index contributed by atoms with van der Waals surface area (Å²) >= 11 is 11.6. The van der Waals surface area contributed by atoms with Crippen molar-refractivity contribution in [3.05, 3.63) is 70.4 Å². The van der Waals surface area contributed by atoms with E-state index in [1.54, 1.807) is 18.2 Å². The molecule has 1 aromatic heterocycles. The second-order valence-electron chi connectivity index (χ2n) is 7.63. The molecule has 3 aromatic rings. The molecule has 1 fully saturated rings. The summed E-state index contributed by atoms with van der Waals surface area (Å²) in [7, 11) is 0. The van der Waals surface area contributed by atoms with Crippen molar-refractivity contribution in [1.82, 2.24) is 5.32 Å². The normalized spacial score (nSPS) is 13.7. The predicted octanol–water partition coefficient (Wildman–Crippen LogP) is 5.18. The van der Waals surface area contributed by atoms with Crippen molar-refractivity contribution < 1.29 is 13.9 Å². The van der Waals surface area contributed by atoms with Crippen molar-refractivity contribution in [2.75, 3.05) is 36.5 Å². The Morgan fingerprint density at radius 1 is 1.03 bits per heavy atom. The molecule has 1 aliphatic rings. The summed E-state index contributed by atoms with van der Waals surface area (Å²) in [6.45, 7) is 6.94. The summed E-state index contributed by atoms with van der Waals surface area (Å²) in [6, 6.07) is 15.0. The van der Waals surface area contributed by atoms with Gasteiger partial charge in [0, 0.05) is 23.7 Å². The number of hydrogen-bond donors (Lipinski definition) is 2. The van der Waals surface area contributed by atoms with Gasteiger partial charge in [-0.2, -0.15) is 0 Å². The van der Waals surface area contributed by atoms with Gasteiger partial charge in [-0.25, -0.2) is 0 Å². The topological polar surface area (TPSA) is 66.7 Å². The molecule has 0 atom stereocenters. The van der Waals surface area contributed by atoms with Crippen LogP contribution in [0, 0.1) is 13.8 Å². The summed E-state index contributed by atoms with van der Waals surface area (Å²) in [5, 5.41) is 6.51. The van der Waals surface area contributed by atoms with Crippen LogP contribution in [-0.2, 0) is 4.74 Å². The zero-order chi connectivity index (χ0) is 22.7. The van der Waals surface area contributed by atoms with E-state index in [0.717, 1.165) is 35.6 Å². The van der Waals surface area contributed by atoms with E-state index in [-0.39, 0.29) is 10.9 Å². The van der Waals surface area contributed by atoms with Gasteiger partial charge in [-0.3, -0.25) is 10.1 Å². The van der Waals surface area contributed by atoms with Gasteiger partial charge in [0.25, 0.3) is 5.91 Å². The highest BCUT2D eigenvalue weighted by atomic mass is 35.5. The standard InChI is InChI=1S/C24H24ClN3O3S/c1-15-3-4-17(13-16(15)2)21-7-8-22(31-21)23(29)27-24(32)26-19-14-18(25)5-6-20(19)28-9-11-30-12-10-28/h3-8,13-14H,9-12H2,1-2H3,(H2,26,27,29,32). The van der Waals surface area contributed by atoms with Crippen molar-refractivity contribution in [3.63, 3.8) is 0 Å². The highest BCUT2D eigenvalue weighted by molar-refractivity contribution is 7.80. The largest absolute Gasteiger partial charge is 0.451 e. The Kier molecular flexibility index (Phi) is 6.79. The van der Waals surface area contributed by atoms with Crippen LogP contribution in [0.4, 0.5) is 11.4 Å². The van der Waals surface area contributed by atoms with Gasteiger partial charge in [0.05, 0.1) is 24.6 Å². The Morgan fingerprint density at radius 3 is 2.56 bits per heavy atom. The molecule has 0 spiro atoms. The number of rotatable bonds is 4. The van der Waals surface area contributed by atoms with E-state index in [9.17, 15) is 4.79 Å². The molecule has 6 nitrogen and oxygen atoms in total. The van der Waals surface area contributed by atoms with Crippen LogP contribution in [-0.4, -0.2) is 37.3 Å². The van der Waals surface area contributed by atoms with Crippen molar-refractivity contribution >= 4 is 46.2 Å². The maximum absolute atomic E-state index is 12.7. The molecule has 32 heavy (non-hydrogen) atoms. The molecule has 0 saturated carbocycles. The van der Waals surface area contributed by atoms with Crippen molar-refractivity contribution in [2.45, 2.75) is 13.8 Å². The minimum atomic E-state index is -0.424. The lowest BCUT2D eigenvalue weighted by atomic mass is 10.1. The van der Waals surface area contributed by atoms with Crippen LogP contribution >= 0.6 is 23.8 Å². The average Bonchev–Trinajstić information content (AvgIpc) is 3.27. The average molecular weight is 470 g/mol. The number of morpholine rings is 1. The summed E-state index contributed by atoms with van der Waals surface area (Å²) in [4.78, 5) is 14.9. The van der Waals surface area contributed by atoms with E-state index in [1.165, 1.54) is 5.56 Å². The van der Waals surface area contributed by atoms with Gasteiger partial charge in [0.15, 0.2) is 10.9 Å². The molecule has 0 aliphatic carbocycles. The first-order valence-electron chi connectivity index (χ1n) is 10.3. The Hall–Kier alpha value is -2.87. The zero-order valence-electron chi connectivity index (χ0n) is 17.9. The van der Waals surface area contributed by atoms with Crippen LogP contribution < -0.4 is 15.5 Å². The molecule has 166 valence electrons. The monoisotopic (exact) mass is 469 g/mol. The van der Waals surface area contributed by atoms with E-state index in [0.29, 0.717) is 24.0 Å². The molecule has 0 unspecified atom stereocenters. The minimum Gasteiger partial charge on any atom is -0.451 e. The van der Waals surface area contributed by atoms with E-state index < -0.39 is 5.91 Å². The quantitative estimate of drug-likeness (QED) is 0.513. The van der Waals surface area contributed by atoms with E-state index in [1.807, 2.05) is 37.3 Å². The fraction of sp³-hybridized carbons (Fsp3) is 0.250. The fourth-order valence-corrected chi connectivity index (χ4v) is 3.89. The van der Waals surface area contributed by atoms with Crippen LogP contribution in [0.5, 0.6) is 0 Å². The lowest BCUT2D eigenvalue weighted by Gasteiger charge is -2.30. The third kappa shape index (κ3) is 5.12. The second kappa shape index (κ2) is 9.73. The number of furan rings is 1. The number of halogens is 1. The van der Waals surface area contributed by atoms with Crippen molar-refractivity contribution in [2.24, 2.45) is 0 Å². The fourth-order valence-electron chi connectivity index (χ4n) is 3.52. The van der Waals surface area contributed by atoms with Crippen molar-refractivity contribution in [1.29, 1.82) is 0 Å². The number of anilines is 2. The summed E-state index contributed by atoms with van der Waals surface area (Å²) in [5.41, 5.74) is 4.95. The van der Waals surface area contributed by atoms with Crippen LogP contribution in [0.2, 0.25) is 5.02 Å². The smallest absolute Gasteiger partial charge is 0.293 e. The van der Waals surface area contributed by atoms with E-state index in [2.05, 4.69) is 22.5 Å².